The topological polar surface area (TPSA) is 55.8 Å². The van der Waals surface area contributed by atoms with Crippen LogP contribution in [0, 0.1) is 0 Å². The predicted molar refractivity (Wildman–Crippen MR) is 242 cm³/mol. The number of ether oxygens (including phenoxy) is 2. The van der Waals surface area contributed by atoms with Crippen molar-refractivity contribution in [3.63, 3.8) is 0 Å². The molecule has 0 amide bonds. The molecule has 4 heteroatoms. The number of allylic oxidation sites excluding steroid dienone is 4. The predicted octanol–water partition coefficient (Wildman–Crippen LogP) is 16.7. The smallest absolute Gasteiger partial charge is 0.306 e. The lowest BCUT2D eigenvalue weighted by Gasteiger charge is -2.16. The second-order valence-corrected chi connectivity index (χ2v) is 16.9. The Balaban J connectivity index is 3.38. The number of aliphatic hydroxyl groups is 1. The Kier molecular flexibility index (Phi) is 48.0. The summed E-state index contributed by atoms with van der Waals surface area (Å²) >= 11 is 0. The van der Waals surface area contributed by atoms with Crippen molar-refractivity contribution < 1.29 is 19.4 Å². The molecule has 0 bridgehead atoms. The average molecular weight is 775 g/mol. The maximum atomic E-state index is 12.3. The molecule has 0 saturated carbocycles. The lowest BCUT2D eigenvalue weighted by molar-refractivity contribution is -0.154. The number of hydrogen-bond acceptors (Lipinski definition) is 4. The van der Waals surface area contributed by atoms with E-state index in [0.717, 1.165) is 19.3 Å². The van der Waals surface area contributed by atoms with Gasteiger partial charge in [0.2, 0.25) is 0 Å². The van der Waals surface area contributed by atoms with Gasteiger partial charge in [0, 0.05) is 13.0 Å². The molecule has 0 heterocycles. The van der Waals surface area contributed by atoms with Crippen LogP contribution in [0.2, 0.25) is 0 Å². The van der Waals surface area contributed by atoms with Crippen molar-refractivity contribution >= 4 is 5.97 Å². The molecule has 1 atom stereocenters. The molecule has 0 aliphatic rings. The van der Waals surface area contributed by atoms with Gasteiger partial charge in [0.05, 0.1) is 13.2 Å². The van der Waals surface area contributed by atoms with Crippen LogP contribution in [-0.4, -0.2) is 37.0 Å². The first-order valence-corrected chi connectivity index (χ1v) is 24.9. The number of carbonyl (C=O) groups is 1. The van der Waals surface area contributed by atoms with E-state index >= 15 is 0 Å². The van der Waals surface area contributed by atoms with Gasteiger partial charge in [-0.05, 0) is 64.2 Å². The van der Waals surface area contributed by atoms with Crippen LogP contribution < -0.4 is 0 Å². The molecular weight excluding hydrogens is 677 g/mol. The Morgan fingerprint density at radius 3 is 1.04 bits per heavy atom. The monoisotopic (exact) mass is 775 g/mol. The van der Waals surface area contributed by atoms with Gasteiger partial charge in [-0.1, -0.05) is 224 Å². The number of aliphatic hydroxyl groups excluding tert-OH is 1. The fourth-order valence-electron chi connectivity index (χ4n) is 7.50. The zero-order chi connectivity index (χ0) is 39.8. The van der Waals surface area contributed by atoms with E-state index in [1.807, 2.05) is 0 Å². The molecule has 55 heavy (non-hydrogen) atoms. The van der Waals surface area contributed by atoms with E-state index in [0.29, 0.717) is 19.6 Å². The zero-order valence-corrected chi connectivity index (χ0v) is 37.5. The van der Waals surface area contributed by atoms with E-state index < -0.39 is 6.10 Å². The first-order valence-electron chi connectivity index (χ1n) is 24.9. The van der Waals surface area contributed by atoms with Crippen LogP contribution >= 0.6 is 0 Å². The molecule has 0 aliphatic carbocycles. The van der Waals surface area contributed by atoms with E-state index in [9.17, 15) is 9.90 Å². The Morgan fingerprint density at radius 2 is 0.709 bits per heavy atom. The summed E-state index contributed by atoms with van der Waals surface area (Å²) in [6.07, 6.45) is 61.2. The van der Waals surface area contributed by atoms with Crippen LogP contribution in [-0.2, 0) is 14.3 Å². The molecule has 0 radical (unpaired) electrons. The highest BCUT2D eigenvalue weighted by molar-refractivity contribution is 5.69. The third kappa shape index (κ3) is 47.1. The van der Waals surface area contributed by atoms with Gasteiger partial charge in [-0.2, -0.15) is 0 Å². The summed E-state index contributed by atoms with van der Waals surface area (Å²) in [5.41, 5.74) is 0. The van der Waals surface area contributed by atoms with Gasteiger partial charge in [-0.3, -0.25) is 4.79 Å². The summed E-state index contributed by atoms with van der Waals surface area (Å²) in [7, 11) is 0. The fraction of sp³-hybridized carbons (Fsp3) is 0.902. The quantitative estimate of drug-likeness (QED) is 0.0380. The summed E-state index contributed by atoms with van der Waals surface area (Å²) in [6, 6.07) is 0. The Bertz CT molecular complexity index is 777. The molecule has 0 spiro atoms. The molecule has 4 nitrogen and oxygen atoms in total. The number of hydrogen-bond donors (Lipinski definition) is 1. The third-order valence-electron chi connectivity index (χ3n) is 11.2. The minimum atomic E-state index is -0.534. The van der Waals surface area contributed by atoms with Gasteiger partial charge in [-0.15, -0.1) is 0 Å². The lowest BCUT2D eigenvalue weighted by atomic mass is 10.1. The highest BCUT2D eigenvalue weighted by Crippen LogP contribution is 2.15. The highest BCUT2D eigenvalue weighted by Gasteiger charge is 2.13. The van der Waals surface area contributed by atoms with Gasteiger partial charge in [0.1, 0.15) is 6.10 Å². The van der Waals surface area contributed by atoms with Crippen molar-refractivity contribution in [2.24, 2.45) is 0 Å². The van der Waals surface area contributed by atoms with E-state index in [1.165, 1.54) is 231 Å². The van der Waals surface area contributed by atoms with E-state index in [2.05, 4.69) is 38.2 Å². The van der Waals surface area contributed by atoms with Crippen LogP contribution in [0.5, 0.6) is 0 Å². The normalized spacial score (nSPS) is 12.4. The largest absolute Gasteiger partial charge is 0.457 e. The summed E-state index contributed by atoms with van der Waals surface area (Å²) < 4.78 is 11.2. The summed E-state index contributed by atoms with van der Waals surface area (Å²) in [4.78, 5) is 12.3. The number of rotatable bonds is 47. The van der Waals surface area contributed by atoms with Crippen molar-refractivity contribution in [3.8, 4) is 0 Å². The number of esters is 1. The van der Waals surface area contributed by atoms with Crippen LogP contribution in [0.3, 0.4) is 0 Å². The lowest BCUT2D eigenvalue weighted by Crippen LogP contribution is -2.27. The van der Waals surface area contributed by atoms with E-state index in [-0.39, 0.29) is 12.6 Å². The number of unbranched alkanes of at least 4 members (excludes halogenated alkanes) is 35. The molecule has 326 valence electrons. The van der Waals surface area contributed by atoms with Gasteiger partial charge < -0.3 is 14.6 Å². The second kappa shape index (κ2) is 49.0. The van der Waals surface area contributed by atoms with Crippen LogP contribution in [0.1, 0.15) is 271 Å². The van der Waals surface area contributed by atoms with Crippen LogP contribution in [0.4, 0.5) is 0 Å². The van der Waals surface area contributed by atoms with Gasteiger partial charge in [0.25, 0.3) is 0 Å². The van der Waals surface area contributed by atoms with Gasteiger partial charge >= 0.3 is 5.97 Å². The van der Waals surface area contributed by atoms with Crippen LogP contribution in [0.15, 0.2) is 24.3 Å². The van der Waals surface area contributed by atoms with Crippen molar-refractivity contribution in [1.29, 1.82) is 0 Å². The van der Waals surface area contributed by atoms with E-state index in [4.69, 9.17) is 9.47 Å². The highest BCUT2D eigenvalue weighted by atomic mass is 16.6. The van der Waals surface area contributed by atoms with Gasteiger partial charge in [-0.25, -0.2) is 0 Å². The van der Waals surface area contributed by atoms with Crippen LogP contribution in [0.25, 0.3) is 0 Å². The molecule has 0 saturated heterocycles. The SMILES string of the molecule is CCCCCCCCCC/C=C\CCCCCCCCCCCCOCC(CO)OC(=O)CCCCCCCCCCC/C=C\CCCCCCCCCC. The molecule has 0 rings (SSSR count). The third-order valence-corrected chi connectivity index (χ3v) is 11.2. The molecule has 0 fully saturated rings. The van der Waals surface area contributed by atoms with Crippen molar-refractivity contribution in [2.75, 3.05) is 19.8 Å². The van der Waals surface area contributed by atoms with Gasteiger partial charge in [0.15, 0.2) is 0 Å². The molecule has 1 unspecified atom stereocenters. The summed E-state index contributed by atoms with van der Waals surface area (Å²) in [5, 5.41) is 9.64. The maximum absolute atomic E-state index is 12.3. The van der Waals surface area contributed by atoms with Crippen molar-refractivity contribution in [3.05, 3.63) is 24.3 Å². The first kappa shape index (κ1) is 53.9. The summed E-state index contributed by atoms with van der Waals surface area (Å²) in [6.45, 7) is 5.38. The Morgan fingerprint density at radius 1 is 0.418 bits per heavy atom. The first-order chi connectivity index (χ1) is 27.2. The fourth-order valence-corrected chi connectivity index (χ4v) is 7.50. The van der Waals surface area contributed by atoms with Crippen molar-refractivity contribution in [2.45, 2.75) is 277 Å². The standard InChI is InChI=1S/C51H98O4/c1-3-5-7-9-11-13-15-17-19-21-23-25-27-29-31-33-35-37-39-41-43-45-47-54-49-50(48-52)55-51(53)46-44-42-40-38-36-34-32-30-28-26-24-22-20-18-16-14-12-10-8-6-4-2/h21-24,50,52H,3-20,25-49H2,1-2H3/b23-21-,24-22-. The molecule has 0 aromatic heterocycles. The van der Waals surface area contributed by atoms with E-state index in [1.54, 1.807) is 0 Å². The zero-order valence-electron chi connectivity index (χ0n) is 37.5. The average Bonchev–Trinajstić information content (AvgIpc) is 3.19. The summed E-state index contributed by atoms with van der Waals surface area (Å²) in [5.74, 6) is -0.198. The molecule has 0 aromatic carbocycles. The minimum Gasteiger partial charge on any atom is -0.457 e. The number of carbonyl (C=O) groups excluding carboxylic acids is 1. The Labute approximate surface area is 345 Å². The molecule has 0 aromatic rings. The minimum absolute atomic E-state index is 0.169. The maximum Gasteiger partial charge on any atom is 0.306 e. The molecule has 0 aliphatic heterocycles. The Hall–Kier alpha value is -1.13. The van der Waals surface area contributed by atoms with Crippen molar-refractivity contribution in [1.82, 2.24) is 0 Å². The second-order valence-electron chi connectivity index (χ2n) is 16.9. The molecule has 1 N–H and O–H groups in total. The molecular formula is C51H98O4.